The number of hydrogen-bond acceptors (Lipinski definition) is 5. The maximum atomic E-state index is 12.6. The maximum Gasteiger partial charge on any atom is 0.270 e. The predicted molar refractivity (Wildman–Crippen MR) is 110 cm³/mol. The summed E-state index contributed by atoms with van der Waals surface area (Å²) in [5.41, 5.74) is 0.997. The number of nitro groups is 1. The smallest absolute Gasteiger partial charge is 0.270 e. The van der Waals surface area contributed by atoms with E-state index in [1.807, 2.05) is 61.6 Å². The van der Waals surface area contributed by atoms with Gasteiger partial charge < -0.3 is 14.8 Å². The molecule has 0 radical (unpaired) electrons. The zero-order valence-corrected chi connectivity index (χ0v) is 17.5. The van der Waals surface area contributed by atoms with Crippen molar-refractivity contribution >= 4 is 34.2 Å². The molecule has 0 spiro atoms. The van der Waals surface area contributed by atoms with Crippen molar-refractivity contribution in [2.45, 2.75) is 26.8 Å². The van der Waals surface area contributed by atoms with Crippen molar-refractivity contribution in [1.82, 2.24) is 5.32 Å². The lowest BCUT2D eigenvalue weighted by Gasteiger charge is -2.18. The van der Waals surface area contributed by atoms with Gasteiger partial charge in [-0.3, -0.25) is 14.9 Å². The van der Waals surface area contributed by atoms with E-state index < -0.39 is 4.92 Å². The number of rotatable bonds is 8. The Labute approximate surface area is 171 Å². The van der Waals surface area contributed by atoms with Crippen LogP contribution in [0.5, 0.6) is 11.5 Å². The molecule has 1 N–H and O–H groups in total. The van der Waals surface area contributed by atoms with E-state index in [2.05, 4.69) is 5.32 Å². The minimum absolute atomic E-state index is 0.118. The van der Waals surface area contributed by atoms with E-state index in [1.54, 1.807) is 6.07 Å². The van der Waals surface area contributed by atoms with Crippen molar-refractivity contribution in [1.29, 1.82) is 0 Å². The number of amides is 1. The van der Waals surface area contributed by atoms with Crippen LogP contribution in [0.2, 0.25) is 0 Å². The minimum atomic E-state index is -0.517. The van der Waals surface area contributed by atoms with Gasteiger partial charge in [0.15, 0.2) is 11.5 Å². The van der Waals surface area contributed by atoms with Gasteiger partial charge in [-0.15, -0.1) is 0 Å². The molecule has 144 valence electrons. The van der Waals surface area contributed by atoms with E-state index in [1.165, 1.54) is 12.1 Å². The van der Waals surface area contributed by atoms with Crippen LogP contribution >= 0.6 is 22.6 Å². The fraction of sp³-hybridized carbons (Fsp3) is 0.316. The third-order valence-electron chi connectivity index (χ3n) is 3.82. The van der Waals surface area contributed by atoms with Crippen molar-refractivity contribution in [2.24, 2.45) is 0 Å². The zero-order valence-electron chi connectivity index (χ0n) is 15.3. The predicted octanol–water partition coefficient (Wildman–Crippen LogP) is 4.49. The number of halogens is 1. The topological polar surface area (TPSA) is 90.7 Å². The van der Waals surface area contributed by atoms with E-state index in [0.29, 0.717) is 28.3 Å². The van der Waals surface area contributed by atoms with E-state index in [-0.39, 0.29) is 23.2 Å². The van der Waals surface area contributed by atoms with Crippen LogP contribution in [0.3, 0.4) is 0 Å². The Morgan fingerprint density at radius 1 is 1.15 bits per heavy atom. The average Bonchev–Trinajstić information content (AvgIpc) is 2.63. The first-order valence-corrected chi connectivity index (χ1v) is 9.59. The summed E-state index contributed by atoms with van der Waals surface area (Å²) in [5, 5.41) is 13.8. The third kappa shape index (κ3) is 5.31. The van der Waals surface area contributed by atoms with Crippen molar-refractivity contribution in [2.75, 3.05) is 13.2 Å². The summed E-state index contributed by atoms with van der Waals surface area (Å²) in [7, 11) is 0. The fourth-order valence-electron chi connectivity index (χ4n) is 2.50. The van der Waals surface area contributed by atoms with Crippen molar-refractivity contribution in [3.63, 3.8) is 0 Å². The molecule has 1 amide bonds. The molecule has 0 saturated heterocycles. The highest BCUT2D eigenvalue weighted by Gasteiger charge is 2.18. The van der Waals surface area contributed by atoms with Crippen molar-refractivity contribution < 1.29 is 19.2 Å². The summed E-state index contributed by atoms with van der Waals surface area (Å²) in [6, 6.07) is 9.40. The summed E-state index contributed by atoms with van der Waals surface area (Å²) in [6.07, 6.45) is 0. The lowest BCUT2D eigenvalue weighted by molar-refractivity contribution is -0.384. The molecule has 1 unspecified atom stereocenters. The van der Waals surface area contributed by atoms with Crippen LogP contribution < -0.4 is 14.8 Å². The summed E-state index contributed by atoms with van der Waals surface area (Å²) in [5.74, 6) is 0.889. The van der Waals surface area contributed by atoms with Crippen LogP contribution in [0.1, 0.15) is 42.7 Å². The van der Waals surface area contributed by atoms with Gasteiger partial charge >= 0.3 is 0 Å². The number of hydrogen-bond donors (Lipinski definition) is 1. The van der Waals surface area contributed by atoms with E-state index >= 15 is 0 Å². The molecular weight excluding hydrogens is 463 g/mol. The lowest BCUT2D eigenvalue weighted by atomic mass is 10.1. The molecule has 2 rings (SSSR count). The van der Waals surface area contributed by atoms with Crippen LogP contribution in [0.25, 0.3) is 0 Å². The highest BCUT2D eigenvalue weighted by Crippen LogP contribution is 2.31. The second-order valence-electron chi connectivity index (χ2n) is 5.69. The second kappa shape index (κ2) is 9.54. The number of non-ortho nitro benzene ring substituents is 1. The number of nitrogens with zero attached hydrogens (tertiary/aromatic N) is 1. The SMILES string of the molecule is CCOc1ccc(C(C)NC(=O)c2cc([N+](=O)[O-])ccc2I)cc1OCC. The van der Waals surface area contributed by atoms with Crippen LogP contribution in [0.4, 0.5) is 5.69 Å². The molecule has 8 heteroatoms. The third-order valence-corrected chi connectivity index (χ3v) is 4.76. The molecule has 27 heavy (non-hydrogen) atoms. The van der Waals surface area contributed by atoms with Gasteiger partial charge in [-0.2, -0.15) is 0 Å². The highest BCUT2D eigenvalue weighted by molar-refractivity contribution is 14.1. The highest BCUT2D eigenvalue weighted by atomic mass is 127. The Morgan fingerprint density at radius 2 is 1.81 bits per heavy atom. The molecule has 0 aliphatic rings. The first-order chi connectivity index (χ1) is 12.9. The van der Waals surface area contributed by atoms with Crippen molar-refractivity contribution in [3.8, 4) is 11.5 Å². The molecule has 0 fully saturated rings. The average molecular weight is 484 g/mol. The molecule has 1 atom stereocenters. The first-order valence-electron chi connectivity index (χ1n) is 8.51. The normalized spacial score (nSPS) is 11.6. The number of ether oxygens (including phenoxy) is 2. The van der Waals surface area contributed by atoms with Crippen LogP contribution in [-0.2, 0) is 0 Å². The van der Waals surface area contributed by atoms with Crippen LogP contribution in [-0.4, -0.2) is 24.0 Å². The molecule has 0 heterocycles. The van der Waals surface area contributed by atoms with Gasteiger partial charge in [0, 0.05) is 15.7 Å². The van der Waals surface area contributed by atoms with Gasteiger partial charge in [0.05, 0.1) is 29.7 Å². The largest absolute Gasteiger partial charge is 0.490 e. The first kappa shape index (κ1) is 20.9. The minimum Gasteiger partial charge on any atom is -0.490 e. The van der Waals surface area contributed by atoms with Gasteiger partial charge in [0.25, 0.3) is 11.6 Å². The number of nitro benzene ring substituents is 1. The Balaban J connectivity index is 2.22. The maximum absolute atomic E-state index is 12.6. The standard InChI is InChI=1S/C19H21IN2O5/c1-4-26-17-9-6-13(10-18(17)27-5-2)12(3)21-19(23)15-11-14(22(24)25)7-8-16(15)20/h6-12H,4-5H2,1-3H3,(H,21,23). The quantitative estimate of drug-likeness (QED) is 0.339. The fourth-order valence-corrected chi connectivity index (χ4v) is 3.08. The van der Waals surface area contributed by atoms with Crippen LogP contribution in [0.15, 0.2) is 36.4 Å². The summed E-state index contributed by atoms with van der Waals surface area (Å²) in [6.45, 7) is 6.64. The number of carbonyl (C=O) groups is 1. The summed E-state index contributed by atoms with van der Waals surface area (Å²) >= 11 is 1.99. The van der Waals surface area contributed by atoms with Gasteiger partial charge in [-0.05, 0) is 67.1 Å². The van der Waals surface area contributed by atoms with Gasteiger partial charge in [0.1, 0.15) is 0 Å². The van der Waals surface area contributed by atoms with E-state index in [9.17, 15) is 14.9 Å². The molecule has 0 aromatic heterocycles. The second-order valence-corrected chi connectivity index (χ2v) is 6.85. The van der Waals surface area contributed by atoms with Crippen LogP contribution in [0, 0.1) is 13.7 Å². The molecule has 0 aliphatic heterocycles. The van der Waals surface area contributed by atoms with E-state index in [4.69, 9.17) is 9.47 Å². The van der Waals surface area contributed by atoms with E-state index in [0.717, 1.165) is 5.56 Å². The zero-order chi connectivity index (χ0) is 20.0. The Kier molecular flexibility index (Phi) is 7.40. The van der Waals surface area contributed by atoms with Gasteiger partial charge in [-0.25, -0.2) is 0 Å². The molecule has 2 aromatic carbocycles. The summed E-state index contributed by atoms with van der Waals surface area (Å²) < 4.78 is 11.8. The Bertz CT molecular complexity index is 841. The Morgan fingerprint density at radius 3 is 2.44 bits per heavy atom. The monoisotopic (exact) mass is 484 g/mol. The van der Waals surface area contributed by atoms with Crippen molar-refractivity contribution in [3.05, 3.63) is 61.2 Å². The molecule has 0 bridgehead atoms. The molecule has 0 saturated carbocycles. The molecular formula is C19H21IN2O5. The number of benzene rings is 2. The Hall–Kier alpha value is -2.36. The van der Waals surface area contributed by atoms with Gasteiger partial charge in [0.2, 0.25) is 0 Å². The van der Waals surface area contributed by atoms with Gasteiger partial charge in [-0.1, -0.05) is 6.07 Å². The molecule has 2 aromatic rings. The lowest BCUT2D eigenvalue weighted by Crippen LogP contribution is -2.27. The number of nitrogens with one attached hydrogen (secondary N) is 1. The summed E-state index contributed by atoms with van der Waals surface area (Å²) in [4.78, 5) is 23.1. The number of carbonyl (C=O) groups excluding carboxylic acids is 1. The molecule has 7 nitrogen and oxygen atoms in total. The molecule has 0 aliphatic carbocycles.